The highest BCUT2D eigenvalue weighted by Crippen LogP contribution is 2.21. The monoisotopic (exact) mass is 438 g/mol. The normalized spacial score (nSPS) is 29.8. The van der Waals surface area contributed by atoms with Crippen LogP contribution in [0.1, 0.15) is 122 Å². The minimum absolute atomic E-state index is 0.0862. The molecule has 3 aliphatic rings. The van der Waals surface area contributed by atoms with Crippen molar-refractivity contribution in [1.29, 1.82) is 0 Å². The summed E-state index contributed by atoms with van der Waals surface area (Å²) in [6.07, 6.45) is 26.4. The van der Waals surface area contributed by atoms with E-state index in [1.165, 1.54) is 122 Å². The summed E-state index contributed by atoms with van der Waals surface area (Å²) >= 11 is 0. The van der Waals surface area contributed by atoms with Crippen LogP contribution in [0.15, 0.2) is 0 Å². The Morgan fingerprint density at radius 2 is 0.710 bits per heavy atom. The summed E-state index contributed by atoms with van der Waals surface area (Å²) in [5, 5.41) is 0. The summed E-state index contributed by atoms with van der Waals surface area (Å²) in [5.41, 5.74) is 0. The first kappa shape index (κ1) is 25.5. The molecule has 4 nitrogen and oxygen atoms in total. The summed E-state index contributed by atoms with van der Waals surface area (Å²) in [6.45, 7) is 2.65. The molecule has 2 unspecified atom stereocenters. The lowest BCUT2D eigenvalue weighted by Gasteiger charge is -2.31. The van der Waals surface area contributed by atoms with Crippen molar-refractivity contribution in [2.24, 2.45) is 0 Å². The van der Waals surface area contributed by atoms with Gasteiger partial charge in [-0.2, -0.15) is 0 Å². The van der Waals surface area contributed by atoms with Crippen molar-refractivity contribution in [1.82, 2.24) is 0 Å². The van der Waals surface area contributed by atoms with Gasteiger partial charge in [0.05, 0.1) is 38.6 Å². The number of rotatable bonds is 6. The Hall–Kier alpha value is -0.160. The molecule has 182 valence electrons. The summed E-state index contributed by atoms with van der Waals surface area (Å²) in [5.74, 6) is 0. The molecular weight excluding hydrogens is 388 g/mol. The van der Waals surface area contributed by atoms with Gasteiger partial charge in [0.15, 0.2) is 0 Å². The van der Waals surface area contributed by atoms with Crippen LogP contribution in [-0.2, 0) is 18.9 Å². The lowest BCUT2D eigenvalue weighted by molar-refractivity contribution is -0.177. The van der Waals surface area contributed by atoms with Crippen LogP contribution < -0.4 is 0 Å². The smallest absolute Gasteiger partial charge is 0.104 e. The van der Waals surface area contributed by atoms with Gasteiger partial charge in [-0.25, -0.2) is 0 Å². The van der Waals surface area contributed by atoms with Crippen LogP contribution in [0, 0.1) is 0 Å². The van der Waals surface area contributed by atoms with Crippen LogP contribution in [-0.4, -0.2) is 50.8 Å². The van der Waals surface area contributed by atoms with Crippen molar-refractivity contribution in [2.45, 2.75) is 146 Å². The number of hydrogen-bond donors (Lipinski definition) is 0. The third-order valence-corrected chi connectivity index (χ3v) is 7.43. The van der Waals surface area contributed by atoms with E-state index in [4.69, 9.17) is 18.9 Å². The van der Waals surface area contributed by atoms with Crippen molar-refractivity contribution in [2.75, 3.05) is 26.4 Å². The molecule has 0 aromatic heterocycles. The van der Waals surface area contributed by atoms with Crippen LogP contribution >= 0.6 is 0 Å². The fourth-order valence-electron chi connectivity index (χ4n) is 5.32. The van der Waals surface area contributed by atoms with Gasteiger partial charge < -0.3 is 18.9 Å². The SMILES string of the molecule is C1CCCCCC(OCC2COC(COC3CCCCCCCCC3)CO2)CCCC1. The molecule has 3 fully saturated rings. The highest BCUT2D eigenvalue weighted by molar-refractivity contribution is 4.71. The average Bonchev–Trinajstić information content (AvgIpc) is 2.87. The van der Waals surface area contributed by atoms with Crippen LogP contribution in [0.25, 0.3) is 0 Å². The fraction of sp³-hybridized carbons (Fsp3) is 1.00. The third-order valence-electron chi connectivity index (χ3n) is 7.43. The van der Waals surface area contributed by atoms with Gasteiger partial charge in [0.1, 0.15) is 12.2 Å². The van der Waals surface area contributed by atoms with Crippen molar-refractivity contribution >= 4 is 0 Å². The fourth-order valence-corrected chi connectivity index (χ4v) is 5.32. The zero-order valence-corrected chi connectivity index (χ0v) is 20.2. The van der Waals surface area contributed by atoms with E-state index < -0.39 is 0 Å². The topological polar surface area (TPSA) is 36.9 Å². The second-order valence-electron chi connectivity index (χ2n) is 10.3. The zero-order valence-electron chi connectivity index (χ0n) is 20.2. The first-order valence-electron chi connectivity index (χ1n) is 13.9. The molecule has 0 amide bonds. The van der Waals surface area contributed by atoms with Gasteiger partial charge in [-0.1, -0.05) is 96.3 Å². The van der Waals surface area contributed by atoms with Gasteiger partial charge in [-0.15, -0.1) is 0 Å². The van der Waals surface area contributed by atoms with Gasteiger partial charge >= 0.3 is 0 Å². The van der Waals surface area contributed by atoms with Gasteiger partial charge in [0, 0.05) is 0 Å². The molecule has 0 aromatic carbocycles. The van der Waals surface area contributed by atoms with Crippen molar-refractivity contribution in [3.05, 3.63) is 0 Å². The van der Waals surface area contributed by atoms with E-state index >= 15 is 0 Å². The van der Waals surface area contributed by atoms with E-state index in [9.17, 15) is 0 Å². The molecule has 0 N–H and O–H groups in total. The largest absolute Gasteiger partial charge is 0.375 e. The van der Waals surface area contributed by atoms with E-state index in [1.807, 2.05) is 0 Å². The quantitative estimate of drug-likeness (QED) is 0.448. The molecule has 4 heteroatoms. The maximum absolute atomic E-state index is 6.30. The second-order valence-corrected chi connectivity index (χ2v) is 10.3. The molecule has 3 rings (SSSR count). The second kappa shape index (κ2) is 16.5. The Kier molecular flexibility index (Phi) is 13.5. The van der Waals surface area contributed by atoms with Crippen molar-refractivity contribution < 1.29 is 18.9 Å². The minimum atomic E-state index is 0.0862. The highest BCUT2D eigenvalue weighted by atomic mass is 16.6. The standard InChI is InChI=1S/C27H50O4/c1-2-5-9-13-17-24(16-12-8-4-1)28-20-26-22-31-27(23-30-26)21-29-25-18-14-10-6-3-7-11-15-19-25/h24-27H,1-23H2. The summed E-state index contributed by atoms with van der Waals surface area (Å²) in [6, 6.07) is 0. The molecule has 31 heavy (non-hydrogen) atoms. The Balaban J connectivity index is 1.27. The Morgan fingerprint density at radius 1 is 0.419 bits per heavy atom. The van der Waals surface area contributed by atoms with E-state index in [0.717, 1.165) is 0 Å². The van der Waals surface area contributed by atoms with Crippen molar-refractivity contribution in [3.8, 4) is 0 Å². The van der Waals surface area contributed by atoms with E-state index in [1.54, 1.807) is 0 Å². The number of hydrogen-bond acceptors (Lipinski definition) is 4. The molecule has 1 heterocycles. The van der Waals surface area contributed by atoms with E-state index in [0.29, 0.717) is 38.6 Å². The molecule has 0 radical (unpaired) electrons. The molecule has 2 atom stereocenters. The van der Waals surface area contributed by atoms with Crippen LogP contribution in [0.2, 0.25) is 0 Å². The van der Waals surface area contributed by atoms with Crippen LogP contribution in [0.3, 0.4) is 0 Å². The van der Waals surface area contributed by atoms with Gasteiger partial charge in [0.25, 0.3) is 0 Å². The van der Waals surface area contributed by atoms with Gasteiger partial charge in [-0.05, 0) is 25.7 Å². The van der Waals surface area contributed by atoms with E-state index in [2.05, 4.69) is 0 Å². The third kappa shape index (κ3) is 11.5. The molecule has 1 aliphatic heterocycles. The molecule has 0 aromatic rings. The Bertz CT molecular complexity index is 399. The van der Waals surface area contributed by atoms with Crippen LogP contribution in [0.4, 0.5) is 0 Å². The first-order valence-corrected chi connectivity index (χ1v) is 13.9. The maximum atomic E-state index is 6.30. The summed E-state index contributed by atoms with van der Waals surface area (Å²) in [4.78, 5) is 0. The molecular formula is C27H50O4. The van der Waals surface area contributed by atoms with Gasteiger partial charge in [0.2, 0.25) is 0 Å². The number of ether oxygens (including phenoxy) is 4. The average molecular weight is 439 g/mol. The first-order chi connectivity index (χ1) is 15.4. The lowest BCUT2D eigenvalue weighted by Crippen LogP contribution is -2.41. The predicted molar refractivity (Wildman–Crippen MR) is 127 cm³/mol. The summed E-state index contributed by atoms with van der Waals surface area (Å²) in [7, 11) is 0. The molecule has 1 saturated heterocycles. The van der Waals surface area contributed by atoms with E-state index in [-0.39, 0.29) is 12.2 Å². The Morgan fingerprint density at radius 3 is 1.00 bits per heavy atom. The summed E-state index contributed by atoms with van der Waals surface area (Å²) < 4.78 is 24.7. The molecule has 2 saturated carbocycles. The van der Waals surface area contributed by atoms with Gasteiger partial charge in [-0.3, -0.25) is 0 Å². The Labute approximate surface area is 192 Å². The zero-order chi connectivity index (χ0) is 21.4. The highest BCUT2D eigenvalue weighted by Gasteiger charge is 2.25. The van der Waals surface area contributed by atoms with Crippen molar-refractivity contribution in [3.63, 3.8) is 0 Å². The minimum Gasteiger partial charge on any atom is -0.375 e. The maximum Gasteiger partial charge on any atom is 0.104 e. The molecule has 2 aliphatic carbocycles. The predicted octanol–water partition coefficient (Wildman–Crippen LogP) is 6.98. The molecule has 0 spiro atoms. The lowest BCUT2D eigenvalue weighted by atomic mass is 9.99. The van der Waals surface area contributed by atoms with Crippen LogP contribution in [0.5, 0.6) is 0 Å². The molecule has 0 bridgehead atoms.